The molecule has 4 aromatic heterocycles. The number of aromatic nitrogens is 6. The van der Waals surface area contributed by atoms with Gasteiger partial charge >= 0.3 is 0 Å². The molecule has 190 valence electrons. The van der Waals surface area contributed by atoms with E-state index in [4.69, 9.17) is 4.98 Å². The molecule has 0 aliphatic rings. The van der Waals surface area contributed by atoms with Crippen LogP contribution in [0.15, 0.2) is 91.7 Å². The molecule has 3 N–H and O–H groups in total. The van der Waals surface area contributed by atoms with Gasteiger partial charge in [-0.1, -0.05) is 50.8 Å². The van der Waals surface area contributed by atoms with E-state index in [9.17, 15) is 0 Å². The monoisotopic (exact) mass is 505 g/mol. The normalized spacial score (nSPS) is 12.3. The van der Waals surface area contributed by atoms with Gasteiger partial charge in [0.05, 0.1) is 28.1 Å². The van der Waals surface area contributed by atoms with Crippen molar-refractivity contribution in [2.24, 2.45) is 0 Å². The Kier molecular flexibility index (Phi) is 6.95. The fourth-order valence-corrected chi connectivity index (χ4v) is 4.42. The zero-order chi connectivity index (χ0) is 26.6. The molecule has 0 radical (unpaired) electrons. The lowest BCUT2D eigenvalue weighted by Gasteiger charge is -2.11. The Morgan fingerprint density at radius 3 is 2.76 bits per heavy atom. The molecule has 38 heavy (non-hydrogen) atoms. The molecule has 4 heterocycles. The Labute approximate surface area is 220 Å². The number of fused-ring (bicyclic) bond motifs is 2. The second kappa shape index (κ2) is 10.6. The molecule has 0 spiro atoms. The Hall–Kier alpha value is -4.85. The van der Waals surface area contributed by atoms with Crippen molar-refractivity contribution < 1.29 is 4.39 Å². The molecule has 0 aliphatic heterocycles. The number of rotatable bonds is 9. The number of nitrogens with zero attached hydrogens (tertiary/aromatic N) is 4. The average molecular weight is 506 g/mol. The van der Waals surface area contributed by atoms with Gasteiger partial charge in [0.1, 0.15) is 11.4 Å². The molecule has 0 amide bonds. The van der Waals surface area contributed by atoms with Crippen LogP contribution in [0.4, 0.5) is 4.39 Å². The lowest BCUT2D eigenvalue weighted by atomic mass is 10.1. The third kappa shape index (κ3) is 4.64. The van der Waals surface area contributed by atoms with Crippen molar-refractivity contribution in [3.63, 3.8) is 0 Å². The van der Waals surface area contributed by atoms with Gasteiger partial charge in [-0.05, 0) is 37.6 Å². The quantitative estimate of drug-likeness (QED) is 0.186. The highest BCUT2D eigenvalue weighted by molar-refractivity contribution is 5.98. The first-order valence-corrected chi connectivity index (χ1v) is 12.4. The van der Waals surface area contributed by atoms with Crippen molar-refractivity contribution in [1.29, 1.82) is 0 Å². The van der Waals surface area contributed by atoms with Crippen LogP contribution >= 0.6 is 0 Å². The maximum Gasteiger partial charge on any atom is 0.161 e. The number of aromatic amines is 2. The molecule has 7 nitrogen and oxygen atoms in total. The van der Waals surface area contributed by atoms with Crippen LogP contribution in [0.5, 0.6) is 0 Å². The van der Waals surface area contributed by atoms with Gasteiger partial charge < -0.3 is 10.3 Å². The summed E-state index contributed by atoms with van der Waals surface area (Å²) in [4.78, 5) is 16.7. The molecular formula is C30H28FN7. The van der Waals surface area contributed by atoms with E-state index in [0.29, 0.717) is 33.7 Å². The third-order valence-corrected chi connectivity index (χ3v) is 6.24. The van der Waals surface area contributed by atoms with E-state index in [0.717, 1.165) is 40.7 Å². The summed E-state index contributed by atoms with van der Waals surface area (Å²) in [6.07, 6.45) is 12.2. The van der Waals surface area contributed by atoms with Crippen LogP contribution in [-0.2, 0) is 0 Å². The minimum Gasteiger partial charge on any atom is -0.359 e. The van der Waals surface area contributed by atoms with Gasteiger partial charge in [0.15, 0.2) is 11.6 Å². The fourth-order valence-electron chi connectivity index (χ4n) is 4.42. The second-order valence-electron chi connectivity index (χ2n) is 8.84. The zero-order valence-electron chi connectivity index (χ0n) is 21.3. The maximum atomic E-state index is 16.1. The van der Waals surface area contributed by atoms with Crippen molar-refractivity contribution in [2.75, 3.05) is 0 Å². The second-order valence-corrected chi connectivity index (χ2v) is 8.84. The highest BCUT2D eigenvalue weighted by Gasteiger charge is 2.21. The first-order valence-electron chi connectivity index (χ1n) is 12.4. The lowest BCUT2D eigenvalue weighted by Crippen LogP contribution is -2.10. The van der Waals surface area contributed by atoms with Crippen LogP contribution in [0.1, 0.15) is 32.4 Å². The summed E-state index contributed by atoms with van der Waals surface area (Å²) in [5.74, 6) is -0.0279. The van der Waals surface area contributed by atoms with Crippen LogP contribution in [0.3, 0.4) is 0 Å². The van der Waals surface area contributed by atoms with E-state index in [1.165, 1.54) is 0 Å². The van der Waals surface area contributed by atoms with Crippen LogP contribution in [-0.4, -0.2) is 30.1 Å². The predicted molar refractivity (Wildman–Crippen MR) is 151 cm³/mol. The van der Waals surface area contributed by atoms with Crippen molar-refractivity contribution in [1.82, 2.24) is 35.5 Å². The minimum atomic E-state index is -0.487. The number of hydrogen-bond acceptors (Lipinski definition) is 5. The summed E-state index contributed by atoms with van der Waals surface area (Å²) in [5, 5.41) is 10.9. The molecule has 0 aliphatic carbocycles. The molecule has 0 saturated carbocycles. The molecule has 0 unspecified atom stereocenters. The zero-order valence-corrected chi connectivity index (χ0v) is 21.3. The Bertz CT molecular complexity index is 1710. The summed E-state index contributed by atoms with van der Waals surface area (Å²) >= 11 is 0. The minimum absolute atomic E-state index is 0.206. The summed E-state index contributed by atoms with van der Waals surface area (Å²) in [6, 6.07) is 9.73. The Morgan fingerprint density at radius 1 is 1.16 bits per heavy atom. The summed E-state index contributed by atoms with van der Waals surface area (Å²) in [5.41, 5.74) is 6.69. The third-order valence-electron chi connectivity index (χ3n) is 6.24. The molecule has 5 aromatic rings. The number of halogens is 1. The largest absolute Gasteiger partial charge is 0.359 e. The number of hydrogen-bond donors (Lipinski definition) is 3. The van der Waals surface area contributed by atoms with Crippen LogP contribution < -0.4 is 5.32 Å². The van der Waals surface area contributed by atoms with Crippen molar-refractivity contribution in [2.45, 2.75) is 26.7 Å². The highest BCUT2D eigenvalue weighted by atomic mass is 19.1. The van der Waals surface area contributed by atoms with Crippen molar-refractivity contribution in [3.05, 3.63) is 103 Å². The van der Waals surface area contributed by atoms with E-state index >= 15 is 4.39 Å². The van der Waals surface area contributed by atoms with Gasteiger partial charge in [0.2, 0.25) is 0 Å². The smallest absolute Gasteiger partial charge is 0.161 e. The maximum absolute atomic E-state index is 16.1. The molecule has 0 atom stereocenters. The fraction of sp³-hybridized carbons (Fsp3) is 0.133. The number of nitrogens with one attached hydrogen (secondary N) is 3. The topological polar surface area (TPSA) is 95.2 Å². The molecule has 0 saturated heterocycles. The van der Waals surface area contributed by atoms with Crippen LogP contribution in [0.2, 0.25) is 0 Å². The Morgan fingerprint density at radius 2 is 2.03 bits per heavy atom. The summed E-state index contributed by atoms with van der Waals surface area (Å²) < 4.78 is 16.1. The number of H-pyrrole nitrogens is 2. The SMILES string of the molecule is C=C/C(=C\C(=C/C)c1ncc2[nH]nc(-c3nc4c(-c5cccnc5)cccc4[nH]3)c2c1F)NC(=C)CCC. The molecular weight excluding hydrogens is 477 g/mol. The van der Waals surface area contributed by atoms with E-state index in [1.54, 1.807) is 24.7 Å². The van der Waals surface area contributed by atoms with Crippen LogP contribution in [0, 0.1) is 5.82 Å². The summed E-state index contributed by atoms with van der Waals surface area (Å²) in [7, 11) is 0. The number of para-hydroxylation sites is 1. The van der Waals surface area contributed by atoms with Crippen molar-refractivity contribution >= 4 is 27.5 Å². The molecule has 0 fully saturated rings. The van der Waals surface area contributed by atoms with Gasteiger partial charge in [-0.25, -0.2) is 9.37 Å². The standard InChI is InChI=1S/C30H28FN7/c1-5-10-18(4)34-21(7-3)15-19(6-2)27-26(31)25-24(17-33-27)37-38-29(25)30-35-23-13-8-12-22(28(23)36-30)20-11-9-14-32-16-20/h6-9,11-17,34H,3-5,10H2,1-2H3,(H,35,36)(H,37,38)/b19-6+,21-15+. The van der Waals surface area contributed by atoms with Crippen molar-refractivity contribution in [3.8, 4) is 22.6 Å². The number of pyridine rings is 2. The van der Waals surface area contributed by atoms with E-state index in [2.05, 4.69) is 50.5 Å². The molecule has 0 bridgehead atoms. The van der Waals surface area contributed by atoms with Gasteiger partial charge in [-0.2, -0.15) is 5.10 Å². The van der Waals surface area contributed by atoms with E-state index in [-0.39, 0.29) is 5.69 Å². The lowest BCUT2D eigenvalue weighted by molar-refractivity contribution is 0.630. The molecule has 5 rings (SSSR count). The average Bonchev–Trinajstić information content (AvgIpc) is 3.57. The molecule has 8 heteroatoms. The predicted octanol–water partition coefficient (Wildman–Crippen LogP) is 7.08. The number of benzene rings is 1. The van der Waals surface area contributed by atoms with E-state index in [1.807, 2.05) is 49.4 Å². The van der Waals surface area contributed by atoms with Gasteiger partial charge in [0, 0.05) is 40.5 Å². The van der Waals surface area contributed by atoms with Gasteiger partial charge in [0.25, 0.3) is 0 Å². The first-order chi connectivity index (χ1) is 18.5. The van der Waals surface area contributed by atoms with Gasteiger partial charge in [-0.3, -0.25) is 15.1 Å². The highest BCUT2D eigenvalue weighted by Crippen LogP contribution is 2.33. The molecule has 1 aromatic carbocycles. The van der Waals surface area contributed by atoms with Crippen LogP contribution in [0.25, 0.3) is 50.2 Å². The Balaban J connectivity index is 1.59. The number of allylic oxidation sites excluding steroid dienone is 5. The first kappa shape index (κ1) is 24.8. The van der Waals surface area contributed by atoms with E-state index < -0.39 is 5.82 Å². The van der Waals surface area contributed by atoms with Gasteiger partial charge in [-0.15, -0.1) is 0 Å². The number of imidazole rings is 1. The summed E-state index contributed by atoms with van der Waals surface area (Å²) in [6.45, 7) is 11.8.